The summed E-state index contributed by atoms with van der Waals surface area (Å²) in [6.07, 6.45) is -0.265. The van der Waals surface area contributed by atoms with Crippen LogP contribution in [0.5, 0.6) is 0 Å². The van der Waals surface area contributed by atoms with Crippen LogP contribution in [0.2, 0.25) is 0 Å². The minimum absolute atomic E-state index is 0.184. The fourth-order valence-electron chi connectivity index (χ4n) is 1.84. The number of anilines is 1. The fraction of sp³-hybridized carbons (Fsp3) is 0.600. The highest BCUT2D eigenvalue weighted by molar-refractivity contribution is 5.35. The lowest BCUT2D eigenvalue weighted by molar-refractivity contribution is -0.0459. The lowest BCUT2D eigenvalue weighted by Crippen LogP contribution is -2.28. The number of nitrogens with zero attached hydrogens (tertiary/aromatic N) is 2. The molecule has 7 nitrogen and oxygen atoms in total. The van der Waals surface area contributed by atoms with Crippen molar-refractivity contribution in [2.45, 2.75) is 31.8 Å². The van der Waals surface area contributed by atoms with Crippen LogP contribution in [0.25, 0.3) is 0 Å². The third-order valence-corrected chi connectivity index (χ3v) is 2.87. The highest BCUT2D eigenvalue weighted by atomic mass is 16.5. The average molecular weight is 241 g/mol. The molecular formula is C10H15N3O4. The van der Waals surface area contributed by atoms with Crippen LogP contribution in [0.4, 0.5) is 5.82 Å². The van der Waals surface area contributed by atoms with E-state index in [0.29, 0.717) is 5.56 Å². The first-order valence-electron chi connectivity index (χ1n) is 5.32. The lowest BCUT2D eigenvalue weighted by Gasteiger charge is -2.15. The maximum absolute atomic E-state index is 11.6. The van der Waals surface area contributed by atoms with E-state index in [1.54, 1.807) is 13.1 Å². The summed E-state index contributed by atoms with van der Waals surface area (Å²) < 4.78 is 6.65. The van der Waals surface area contributed by atoms with Crippen LogP contribution in [0.1, 0.15) is 18.2 Å². The number of aliphatic hydroxyl groups excluding tert-OH is 2. The van der Waals surface area contributed by atoms with E-state index in [1.165, 1.54) is 4.57 Å². The van der Waals surface area contributed by atoms with Crippen LogP contribution in [0, 0.1) is 6.92 Å². The van der Waals surface area contributed by atoms with Crippen LogP contribution in [-0.4, -0.2) is 38.6 Å². The molecule has 1 saturated heterocycles. The standard InChI is InChI=1S/C10H15N3O4/c1-5-3-13(10(16)12-9(5)11)8-2-6(15)7(4-14)17-8/h3,6-8,14-15H,2,4H2,1H3,(H2,11,12,16)/t6?,7-,8-/m1/s1. The molecule has 4 N–H and O–H groups in total. The van der Waals surface area contributed by atoms with Gasteiger partial charge in [-0.3, -0.25) is 4.57 Å². The second-order valence-electron chi connectivity index (χ2n) is 4.11. The van der Waals surface area contributed by atoms with Crippen molar-refractivity contribution < 1.29 is 14.9 Å². The molecule has 0 aromatic carbocycles. The van der Waals surface area contributed by atoms with E-state index in [0.717, 1.165) is 0 Å². The summed E-state index contributed by atoms with van der Waals surface area (Å²) in [7, 11) is 0. The van der Waals surface area contributed by atoms with E-state index >= 15 is 0 Å². The minimum Gasteiger partial charge on any atom is -0.394 e. The third kappa shape index (κ3) is 2.17. The van der Waals surface area contributed by atoms with Crippen LogP contribution >= 0.6 is 0 Å². The van der Waals surface area contributed by atoms with Crippen molar-refractivity contribution in [3.63, 3.8) is 0 Å². The van der Waals surface area contributed by atoms with Crippen molar-refractivity contribution in [1.29, 1.82) is 0 Å². The topological polar surface area (TPSA) is 111 Å². The van der Waals surface area contributed by atoms with Gasteiger partial charge in [0.25, 0.3) is 0 Å². The fourth-order valence-corrected chi connectivity index (χ4v) is 1.84. The van der Waals surface area contributed by atoms with Gasteiger partial charge in [0.15, 0.2) is 0 Å². The molecule has 17 heavy (non-hydrogen) atoms. The second kappa shape index (κ2) is 4.44. The monoisotopic (exact) mass is 241 g/mol. The molecule has 0 bridgehead atoms. The first-order chi connectivity index (χ1) is 8.02. The van der Waals surface area contributed by atoms with Crippen LogP contribution in [0.15, 0.2) is 11.0 Å². The molecule has 1 fully saturated rings. The van der Waals surface area contributed by atoms with Gasteiger partial charge in [-0.05, 0) is 6.92 Å². The molecule has 1 unspecified atom stereocenters. The zero-order chi connectivity index (χ0) is 12.6. The van der Waals surface area contributed by atoms with Gasteiger partial charge in [-0.2, -0.15) is 4.98 Å². The number of aromatic nitrogens is 2. The first-order valence-corrected chi connectivity index (χ1v) is 5.32. The Morgan fingerprint density at radius 3 is 3.00 bits per heavy atom. The summed E-state index contributed by atoms with van der Waals surface area (Å²) in [4.78, 5) is 15.3. The number of ether oxygens (including phenoxy) is 1. The Hall–Kier alpha value is -1.44. The quantitative estimate of drug-likeness (QED) is 0.598. The molecule has 1 aliphatic heterocycles. The first kappa shape index (κ1) is 12.0. The second-order valence-corrected chi connectivity index (χ2v) is 4.11. The zero-order valence-corrected chi connectivity index (χ0v) is 9.41. The van der Waals surface area contributed by atoms with E-state index in [-0.39, 0.29) is 18.8 Å². The molecule has 0 amide bonds. The van der Waals surface area contributed by atoms with Crippen molar-refractivity contribution in [2.24, 2.45) is 0 Å². The molecule has 2 heterocycles. The molecule has 3 atom stereocenters. The maximum Gasteiger partial charge on any atom is 0.351 e. The number of rotatable bonds is 2. The Kier molecular flexibility index (Phi) is 3.14. The molecule has 0 saturated carbocycles. The van der Waals surface area contributed by atoms with Crippen molar-refractivity contribution in [3.05, 3.63) is 22.2 Å². The highest BCUT2D eigenvalue weighted by Gasteiger charge is 2.35. The normalized spacial score (nSPS) is 28.5. The molecule has 1 aliphatic rings. The molecule has 1 aromatic rings. The summed E-state index contributed by atoms with van der Waals surface area (Å²) in [6, 6.07) is 0. The van der Waals surface area contributed by atoms with Crippen molar-refractivity contribution in [2.75, 3.05) is 12.3 Å². The van der Waals surface area contributed by atoms with E-state index in [1.807, 2.05) is 0 Å². The molecule has 94 valence electrons. The zero-order valence-electron chi connectivity index (χ0n) is 9.41. The molecule has 2 rings (SSSR count). The van der Waals surface area contributed by atoms with Gasteiger partial charge in [-0.25, -0.2) is 4.79 Å². The van der Waals surface area contributed by atoms with Gasteiger partial charge in [-0.15, -0.1) is 0 Å². The highest BCUT2D eigenvalue weighted by Crippen LogP contribution is 2.27. The Labute approximate surface area is 97.5 Å². The largest absolute Gasteiger partial charge is 0.394 e. The summed E-state index contributed by atoms with van der Waals surface area (Å²) in [5.74, 6) is 0.184. The summed E-state index contributed by atoms with van der Waals surface area (Å²) in [5.41, 5.74) is 5.65. The Balaban J connectivity index is 2.30. The summed E-state index contributed by atoms with van der Waals surface area (Å²) in [6.45, 7) is 1.45. The van der Waals surface area contributed by atoms with Crippen molar-refractivity contribution >= 4 is 5.82 Å². The van der Waals surface area contributed by atoms with Crippen LogP contribution < -0.4 is 11.4 Å². The molecule has 1 aromatic heterocycles. The van der Waals surface area contributed by atoms with Crippen molar-refractivity contribution in [3.8, 4) is 0 Å². The van der Waals surface area contributed by atoms with E-state index in [9.17, 15) is 9.90 Å². The van der Waals surface area contributed by atoms with E-state index in [4.69, 9.17) is 15.6 Å². The molecule has 0 aliphatic carbocycles. The third-order valence-electron chi connectivity index (χ3n) is 2.87. The van der Waals surface area contributed by atoms with Gasteiger partial charge >= 0.3 is 5.69 Å². The minimum atomic E-state index is -0.783. The molecule has 0 spiro atoms. The predicted molar refractivity (Wildman–Crippen MR) is 59.3 cm³/mol. The van der Waals surface area contributed by atoms with Crippen LogP contribution in [0.3, 0.4) is 0 Å². The van der Waals surface area contributed by atoms with E-state index < -0.39 is 24.1 Å². The Morgan fingerprint density at radius 2 is 2.41 bits per heavy atom. The van der Waals surface area contributed by atoms with Crippen molar-refractivity contribution in [1.82, 2.24) is 9.55 Å². The Morgan fingerprint density at radius 1 is 1.71 bits per heavy atom. The van der Waals surface area contributed by atoms with Gasteiger partial charge in [0.2, 0.25) is 0 Å². The number of aliphatic hydroxyl groups is 2. The SMILES string of the molecule is Cc1cn([C@H]2CC(O)[C@@H](CO)O2)c(=O)nc1N. The van der Waals surface area contributed by atoms with Gasteiger partial charge in [-0.1, -0.05) is 0 Å². The maximum atomic E-state index is 11.6. The smallest absolute Gasteiger partial charge is 0.351 e. The van der Waals surface area contributed by atoms with Gasteiger partial charge in [0.1, 0.15) is 18.1 Å². The van der Waals surface area contributed by atoms with Crippen LogP contribution in [-0.2, 0) is 4.74 Å². The average Bonchev–Trinajstić information content (AvgIpc) is 2.65. The Bertz CT molecular complexity index is 473. The number of nitrogen functional groups attached to an aromatic ring is 1. The lowest BCUT2D eigenvalue weighted by atomic mass is 10.2. The van der Waals surface area contributed by atoms with E-state index in [2.05, 4.69) is 4.98 Å². The number of hydrogen-bond donors (Lipinski definition) is 3. The molecule has 0 radical (unpaired) electrons. The van der Waals surface area contributed by atoms with Gasteiger partial charge < -0.3 is 20.7 Å². The summed E-state index contributed by atoms with van der Waals surface area (Å²) >= 11 is 0. The van der Waals surface area contributed by atoms with Gasteiger partial charge in [0, 0.05) is 18.2 Å². The molecule has 7 heteroatoms. The van der Waals surface area contributed by atoms with Gasteiger partial charge in [0.05, 0.1) is 12.7 Å². The summed E-state index contributed by atoms with van der Waals surface area (Å²) in [5, 5.41) is 18.6. The number of nitrogens with two attached hydrogens (primary N) is 1. The number of aryl methyl sites for hydroxylation is 1. The molecular weight excluding hydrogens is 226 g/mol. The predicted octanol–water partition coefficient (Wildman–Crippen LogP) is -1.23. The number of hydrogen-bond acceptors (Lipinski definition) is 6.